The van der Waals surface area contributed by atoms with Gasteiger partial charge >= 0.3 is 0 Å². The van der Waals surface area contributed by atoms with Gasteiger partial charge in [-0.15, -0.1) is 0 Å². The smallest absolute Gasteiger partial charge is 0.223 e. The molecule has 0 bridgehead atoms. The summed E-state index contributed by atoms with van der Waals surface area (Å²) in [5.74, 6) is 0.506. The molecule has 4 nitrogen and oxygen atoms in total. The van der Waals surface area contributed by atoms with Gasteiger partial charge in [-0.2, -0.15) is 0 Å². The third kappa shape index (κ3) is 4.27. The molecule has 0 heterocycles. The van der Waals surface area contributed by atoms with E-state index in [1.807, 2.05) is 0 Å². The Morgan fingerprint density at radius 2 is 2.10 bits per heavy atom. The summed E-state index contributed by atoms with van der Waals surface area (Å²) in [6.45, 7) is 0.943. The van der Waals surface area contributed by atoms with Gasteiger partial charge in [0.25, 0.3) is 0 Å². The van der Waals surface area contributed by atoms with Crippen molar-refractivity contribution in [1.82, 2.24) is 5.32 Å². The number of amides is 1. The molecule has 0 unspecified atom stereocenters. The van der Waals surface area contributed by atoms with E-state index in [2.05, 4.69) is 5.32 Å². The van der Waals surface area contributed by atoms with Crippen molar-refractivity contribution < 1.29 is 14.6 Å². The molecule has 1 fully saturated rings. The minimum Gasteiger partial charge on any atom is -0.493 e. The fourth-order valence-electron chi connectivity index (χ4n) is 1.77. The van der Waals surface area contributed by atoms with Crippen molar-refractivity contribution in [2.75, 3.05) is 19.8 Å². The molecular formula is C14H17Cl2NO3. The predicted octanol–water partition coefficient (Wildman–Crippen LogP) is 2.65. The molecule has 110 valence electrons. The molecular weight excluding hydrogens is 301 g/mol. The van der Waals surface area contributed by atoms with Crippen LogP contribution in [-0.2, 0) is 4.79 Å². The van der Waals surface area contributed by atoms with Crippen LogP contribution in [0.5, 0.6) is 5.75 Å². The first-order valence-electron chi connectivity index (χ1n) is 6.50. The Bertz CT molecular complexity index is 489. The zero-order valence-electron chi connectivity index (χ0n) is 11.0. The van der Waals surface area contributed by atoms with E-state index < -0.39 is 0 Å². The zero-order chi connectivity index (χ0) is 14.6. The fourth-order valence-corrected chi connectivity index (χ4v) is 2.06. The van der Waals surface area contributed by atoms with Crippen LogP contribution in [0.3, 0.4) is 0 Å². The maximum Gasteiger partial charge on any atom is 0.223 e. The van der Waals surface area contributed by atoms with Crippen LogP contribution < -0.4 is 10.1 Å². The summed E-state index contributed by atoms with van der Waals surface area (Å²) >= 11 is 11.7. The zero-order valence-corrected chi connectivity index (χ0v) is 12.5. The monoisotopic (exact) mass is 317 g/mol. The van der Waals surface area contributed by atoms with Gasteiger partial charge in [-0.25, -0.2) is 0 Å². The van der Waals surface area contributed by atoms with Crippen molar-refractivity contribution in [1.29, 1.82) is 0 Å². The van der Waals surface area contributed by atoms with E-state index in [-0.39, 0.29) is 31.0 Å². The van der Waals surface area contributed by atoms with Gasteiger partial charge in [-0.1, -0.05) is 23.2 Å². The molecule has 0 spiro atoms. The maximum atomic E-state index is 11.6. The summed E-state index contributed by atoms with van der Waals surface area (Å²) < 4.78 is 5.43. The highest BCUT2D eigenvalue weighted by molar-refractivity contribution is 6.42. The first-order chi connectivity index (χ1) is 9.54. The molecule has 0 radical (unpaired) electrons. The molecule has 0 aliphatic heterocycles. The van der Waals surface area contributed by atoms with Crippen LogP contribution in [0.15, 0.2) is 18.2 Å². The van der Waals surface area contributed by atoms with Crippen LogP contribution in [0.1, 0.15) is 19.3 Å². The van der Waals surface area contributed by atoms with Crippen LogP contribution in [-0.4, -0.2) is 30.8 Å². The minimum atomic E-state index is -0.0789. The minimum absolute atomic E-state index is 0.0692. The Labute approximate surface area is 128 Å². The molecule has 1 aliphatic carbocycles. The number of hydrogen-bond donors (Lipinski definition) is 2. The van der Waals surface area contributed by atoms with Crippen molar-refractivity contribution in [3.8, 4) is 5.75 Å². The lowest BCUT2D eigenvalue weighted by Crippen LogP contribution is -2.32. The summed E-state index contributed by atoms with van der Waals surface area (Å²) in [6.07, 6.45) is 2.22. The highest BCUT2D eigenvalue weighted by Crippen LogP contribution is 2.44. The molecule has 2 rings (SSSR count). The summed E-state index contributed by atoms with van der Waals surface area (Å²) in [5.41, 5.74) is -0.0692. The number of halogens is 2. The second-order valence-corrected chi connectivity index (χ2v) is 5.92. The van der Waals surface area contributed by atoms with Gasteiger partial charge in [-0.05, 0) is 25.0 Å². The summed E-state index contributed by atoms with van der Waals surface area (Å²) in [7, 11) is 0. The Morgan fingerprint density at radius 1 is 1.35 bits per heavy atom. The molecule has 0 aromatic heterocycles. The Kier molecular flexibility index (Phi) is 5.13. The number of ether oxygens (including phenoxy) is 1. The molecule has 20 heavy (non-hydrogen) atoms. The van der Waals surface area contributed by atoms with Gasteiger partial charge in [0, 0.05) is 18.0 Å². The van der Waals surface area contributed by atoms with Crippen LogP contribution in [0.2, 0.25) is 10.0 Å². The fraction of sp³-hybridized carbons (Fsp3) is 0.500. The lowest BCUT2D eigenvalue weighted by Gasteiger charge is -2.13. The standard InChI is InChI=1S/C14H17Cl2NO3/c15-11-2-1-10(7-12(11)16)20-6-3-13(19)17-8-14(9-18)4-5-14/h1-2,7,18H,3-6,8-9H2,(H,17,19). The highest BCUT2D eigenvalue weighted by Gasteiger charge is 2.41. The molecule has 1 amide bonds. The Hall–Kier alpha value is -0.970. The summed E-state index contributed by atoms with van der Waals surface area (Å²) in [4.78, 5) is 11.6. The average Bonchev–Trinajstić information content (AvgIpc) is 3.21. The first-order valence-corrected chi connectivity index (χ1v) is 7.26. The lowest BCUT2D eigenvalue weighted by molar-refractivity contribution is -0.121. The molecule has 0 atom stereocenters. The van der Waals surface area contributed by atoms with E-state index in [0.717, 1.165) is 12.8 Å². The van der Waals surface area contributed by atoms with Crippen molar-refractivity contribution in [3.05, 3.63) is 28.2 Å². The van der Waals surface area contributed by atoms with Crippen LogP contribution in [0, 0.1) is 5.41 Å². The molecule has 2 N–H and O–H groups in total. The third-order valence-electron chi connectivity index (χ3n) is 3.44. The molecule has 1 aromatic rings. The van der Waals surface area contributed by atoms with E-state index in [9.17, 15) is 4.79 Å². The number of nitrogens with one attached hydrogen (secondary N) is 1. The Morgan fingerprint density at radius 3 is 2.70 bits per heavy atom. The van der Waals surface area contributed by atoms with E-state index in [0.29, 0.717) is 22.3 Å². The number of carbonyl (C=O) groups is 1. The Balaban J connectivity index is 1.67. The molecule has 1 aromatic carbocycles. The second-order valence-electron chi connectivity index (χ2n) is 5.11. The molecule has 1 saturated carbocycles. The van der Waals surface area contributed by atoms with E-state index in [1.165, 1.54) is 0 Å². The topological polar surface area (TPSA) is 58.6 Å². The second kappa shape index (κ2) is 6.66. The number of benzene rings is 1. The molecule has 1 aliphatic rings. The largest absolute Gasteiger partial charge is 0.493 e. The first kappa shape index (κ1) is 15.4. The number of carbonyl (C=O) groups excluding carboxylic acids is 1. The number of rotatable bonds is 7. The molecule has 0 saturated heterocycles. The predicted molar refractivity (Wildman–Crippen MR) is 78.3 cm³/mol. The number of aliphatic hydroxyl groups is 1. The van der Waals surface area contributed by atoms with Crippen molar-refractivity contribution in [2.24, 2.45) is 5.41 Å². The lowest BCUT2D eigenvalue weighted by atomic mass is 10.1. The average molecular weight is 318 g/mol. The van der Waals surface area contributed by atoms with Crippen molar-refractivity contribution in [2.45, 2.75) is 19.3 Å². The summed E-state index contributed by atoms with van der Waals surface area (Å²) in [5, 5.41) is 12.9. The van der Waals surface area contributed by atoms with Gasteiger partial charge in [0.15, 0.2) is 0 Å². The van der Waals surface area contributed by atoms with Crippen LogP contribution >= 0.6 is 23.2 Å². The van der Waals surface area contributed by atoms with E-state index >= 15 is 0 Å². The van der Waals surface area contributed by atoms with Gasteiger partial charge in [0.05, 0.1) is 29.7 Å². The third-order valence-corrected chi connectivity index (χ3v) is 4.18. The van der Waals surface area contributed by atoms with Crippen molar-refractivity contribution in [3.63, 3.8) is 0 Å². The molecule has 6 heteroatoms. The van der Waals surface area contributed by atoms with Crippen LogP contribution in [0.25, 0.3) is 0 Å². The van der Waals surface area contributed by atoms with Crippen molar-refractivity contribution >= 4 is 29.1 Å². The number of aliphatic hydroxyl groups excluding tert-OH is 1. The quantitative estimate of drug-likeness (QED) is 0.812. The van der Waals surface area contributed by atoms with E-state index in [1.54, 1.807) is 18.2 Å². The highest BCUT2D eigenvalue weighted by atomic mass is 35.5. The normalized spacial score (nSPS) is 15.8. The van der Waals surface area contributed by atoms with Gasteiger partial charge in [0.1, 0.15) is 5.75 Å². The van der Waals surface area contributed by atoms with E-state index in [4.69, 9.17) is 33.0 Å². The van der Waals surface area contributed by atoms with Gasteiger partial charge in [0.2, 0.25) is 5.91 Å². The van der Waals surface area contributed by atoms with Crippen LogP contribution in [0.4, 0.5) is 0 Å². The summed E-state index contributed by atoms with van der Waals surface area (Å²) in [6, 6.07) is 4.97. The number of hydrogen-bond acceptors (Lipinski definition) is 3. The maximum absolute atomic E-state index is 11.6. The van der Waals surface area contributed by atoms with Gasteiger partial charge in [-0.3, -0.25) is 4.79 Å². The van der Waals surface area contributed by atoms with Gasteiger partial charge < -0.3 is 15.2 Å². The SMILES string of the molecule is O=C(CCOc1ccc(Cl)c(Cl)c1)NCC1(CO)CC1.